The monoisotopic (exact) mass is 397 g/mol. The maximum absolute atomic E-state index is 12.3. The number of ether oxygens (including phenoxy) is 1. The van der Waals surface area contributed by atoms with Gasteiger partial charge in [-0.05, 0) is 23.3 Å². The number of esters is 1. The highest BCUT2D eigenvalue weighted by molar-refractivity contribution is 6.05. The second-order valence-electron chi connectivity index (χ2n) is 6.62. The van der Waals surface area contributed by atoms with Crippen LogP contribution in [-0.2, 0) is 11.3 Å². The number of methoxy groups -OCH3 is 1. The van der Waals surface area contributed by atoms with Crippen molar-refractivity contribution in [1.29, 1.82) is 0 Å². The summed E-state index contributed by atoms with van der Waals surface area (Å²) in [4.78, 5) is 33.5. The smallest absolute Gasteiger partial charge is 0.338 e. The predicted molar refractivity (Wildman–Crippen MR) is 105 cm³/mol. The van der Waals surface area contributed by atoms with Crippen LogP contribution in [0.2, 0.25) is 0 Å². The molecule has 1 aromatic heterocycles. The molecule has 1 heterocycles. The van der Waals surface area contributed by atoms with Gasteiger partial charge >= 0.3 is 5.97 Å². The van der Waals surface area contributed by atoms with Crippen molar-refractivity contribution in [1.82, 2.24) is 4.57 Å². The van der Waals surface area contributed by atoms with Crippen molar-refractivity contribution in [3.63, 3.8) is 0 Å². The Bertz CT molecular complexity index is 1040. The van der Waals surface area contributed by atoms with E-state index in [1.165, 1.54) is 7.11 Å². The van der Waals surface area contributed by atoms with Crippen LogP contribution in [0, 0.1) is 20.2 Å². The third kappa shape index (κ3) is 4.40. The van der Waals surface area contributed by atoms with Crippen LogP contribution in [0.25, 0.3) is 10.9 Å². The first kappa shape index (κ1) is 20.0. The summed E-state index contributed by atoms with van der Waals surface area (Å²) >= 11 is 0. The van der Waals surface area contributed by atoms with Gasteiger partial charge in [0.2, 0.25) is 13.1 Å². The minimum absolute atomic E-state index is 0.225. The average Bonchev–Trinajstić information content (AvgIpc) is 3.05. The van der Waals surface area contributed by atoms with Gasteiger partial charge in [-0.1, -0.05) is 36.4 Å². The first-order valence-electron chi connectivity index (χ1n) is 8.88. The Labute approximate surface area is 165 Å². The van der Waals surface area contributed by atoms with Crippen molar-refractivity contribution in [2.75, 3.05) is 20.2 Å². The summed E-state index contributed by atoms with van der Waals surface area (Å²) in [5, 5.41) is 22.8. The number of carbonyl (C=O) groups excluding carboxylic acids is 1. The zero-order chi connectivity index (χ0) is 21.0. The third-order valence-electron chi connectivity index (χ3n) is 4.72. The number of aromatic nitrogens is 1. The lowest BCUT2D eigenvalue weighted by Crippen LogP contribution is -2.21. The molecule has 0 aliphatic carbocycles. The highest BCUT2D eigenvalue weighted by Crippen LogP contribution is 2.32. The number of fused-ring (bicyclic) bond motifs is 1. The number of rotatable bonds is 8. The number of nitrogens with zero attached hydrogens (tertiary/aromatic N) is 3. The highest BCUT2D eigenvalue weighted by Gasteiger charge is 2.29. The second-order valence-corrected chi connectivity index (χ2v) is 6.62. The number of benzene rings is 2. The molecule has 0 spiro atoms. The van der Waals surface area contributed by atoms with Crippen molar-refractivity contribution in [3.05, 3.63) is 91.6 Å². The molecule has 0 atom stereocenters. The van der Waals surface area contributed by atoms with Crippen LogP contribution in [-0.4, -0.2) is 40.6 Å². The van der Waals surface area contributed by atoms with Crippen molar-refractivity contribution < 1.29 is 19.4 Å². The highest BCUT2D eigenvalue weighted by atomic mass is 16.6. The molecule has 0 amide bonds. The number of hydrogen-bond donors (Lipinski definition) is 0. The van der Waals surface area contributed by atoms with E-state index >= 15 is 0 Å². The maximum atomic E-state index is 12.3. The van der Waals surface area contributed by atoms with Crippen molar-refractivity contribution >= 4 is 16.9 Å². The van der Waals surface area contributed by atoms with Crippen molar-refractivity contribution in [2.45, 2.75) is 12.5 Å². The zero-order valence-electron chi connectivity index (χ0n) is 15.7. The van der Waals surface area contributed by atoms with E-state index in [0.717, 1.165) is 5.56 Å². The van der Waals surface area contributed by atoms with Crippen molar-refractivity contribution in [2.24, 2.45) is 0 Å². The summed E-state index contributed by atoms with van der Waals surface area (Å²) in [7, 11) is 1.24. The van der Waals surface area contributed by atoms with Gasteiger partial charge < -0.3 is 9.30 Å². The van der Waals surface area contributed by atoms with Crippen LogP contribution >= 0.6 is 0 Å². The van der Waals surface area contributed by atoms with Crippen LogP contribution in [0.4, 0.5) is 0 Å². The summed E-state index contributed by atoms with van der Waals surface area (Å²) in [6.07, 6.45) is 1.67. The quantitative estimate of drug-likeness (QED) is 0.327. The molecule has 0 fully saturated rings. The van der Waals surface area contributed by atoms with Crippen LogP contribution in [0.3, 0.4) is 0 Å². The fourth-order valence-electron chi connectivity index (χ4n) is 3.50. The summed E-state index contributed by atoms with van der Waals surface area (Å²) in [6, 6.07) is 14.6. The summed E-state index contributed by atoms with van der Waals surface area (Å²) in [5.41, 5.74) is 2.26. The Morgan fingerprint density at radius 3 is 2.28 bits per heavy atom. The molecular formula is C20H19N3O6. The molecule has 0 saturated heterocycles. The Morgan fingerprint density at radius 2 is 1.69 bits per heavy atom. The lowest BCUT2D eigenvalue weighted by atomic mass is 9.96. The first-order chi connectivity index (χ1) is 13.9. The van der Waals surface area contributed by atoms with Crippen LogP contribution < -0.4 is 0 Å². The van der Waals surface area contributed by atoms with Crippen molar-refractivity contribution in [3.8, 4) is 0 Å². The fraction of sp³-hybridized carbons (Fsp3) is 0.250. The summed E-state index contributed by atoms with van der Waals surface area (Å²) in [6.45, 7) is -0.770. The standard InChI is InChI=1S/C20H19N3O6/c1-29-20(24)16-8-5-9-18-19(16)17(15(11-22(25)26)12-23(27)28)13-21(18)10-14-6-3-2-4-7-14/h2-9,13,15H,10-12H2,1H3. The lowest BCUT2D eigenvalue weighted by Gasteiger charge is -2.09. The molecule has 0 saturated carbocycles. The van der Waals surface area contributed by atoms with Gasteiger partial charge in [0.25, 0.3) is 0 Å². The first-order valence-corrected chi connectivity index (χ1v) is 8.88. The Morgan fingerprint density at radius 1 is 1.03 bits per heavy atom. The normalized spacial score (nSPS) is 11.0. The zero-order valence-corrected chi connectivity index (χ0v) is 15.7. The Hall–Kier alpha value is -3.75. The van der Waals surface area contributed by atoms with Gasteiger partial charge in [0.05, 0.1) is 12.7 Å². The number of carbonyl (C=O) groups is 1. The van der Waals surface area contributed by atoms with E-state index in [0.29, 0.717) is 23.0 Å². The molecule has 29 heavy (non-hydrogen) atoms. The van der Waals surface area contributed by atoms with Gasteiger partial charge in [0, 0.05) is 33.5 Å². The molecule has 9 nitrogen and oxygen atoms in total. The third-order valence-corrected chi connectivity index (χ3v) is 4.72. The molecule has 2 aromatic carbocycles. The van der Waals surface area contributed by atoms with E-state index in [-0.39, 0.29) is 5.56 Å². The van der Waals surface area contributed by atoms with Gasteiger partial charge in [0.15, 0.2) is 0 Å². The molecule has 0 aliphatic heterocycles. The van der Waals surface area contributed by atoms with Gasteiger partial charge in [-0.25, -0.2) is 4.79 Å². The van der Waals surface area contributed by atoms with Gasteiger partial charge in [0.1, 0.15) is 5.92 Å². The van der Waals surface area contributed by atoms with E-state index in [4.69, 9.17) is 4.74 Å². The molecule has 3 rings (SSSR count). The molecule has 3 aromatic rings. The SMILES string of the molecule is COC(=O)c1cccc2c1c(C(C[N+](=O)[O-])C[N+](=O)[O-])cn2Cc1ccccc1. The molecule has 9 heteroatoms. The number of nitro groups is 2. The van der Waals surface area contributed by atoms with E-state index in [1.807, 2.05) is 34.9 Å². The minimum atomic E-state index is -0.981. The molecule has 0 unspecified atom stereocenters. The molecule has 0 aliphatic rings. The summed E-state index contributed by atoms with van der Waals surface area (Å²) < 4.78 is 6.70. The molecule has 150 valence electrons. The van der Waals surface area contributed by atoms with Gasteiger partial charge in [-0.3, -0.25) is 20.2 Å². The maximum Gasteiger partial charge on any atom is 0.338 e. The molecular weight excluding hydrogens is 378 g/mol. The van der Waals surface area contributed by atoms with E-state index in [9.17, 15) is 25.0 Å². The minimum Gasteiger partial charge on any atom is -0.465 e. The summed E-state index contributed by atoms with van der Waals surface area (Å²) in [5.74, 6) is -1.58. The van der Waals surface area contributed by atoms with Crippen LogP contribution in [0.5, 0.6) is 0 Å². The van der Waals surface area contributed by atoms with E-state index < -0.39 is 34.8 Å². The Balaban J connectivity index is 2.21. The average molecular weight is 397 g/mol. The molecule has 0 N–H and O–H groups in total. The van der Waals surface area contributed by atoms with Gasteiger partial charge in [-0.2, -0.15) is 0 Å². The van der Waals surface area contributed by atoms with Crippen LogP contribution in [0.15, 0.2) is 54.7 Å². The van der Waals surface area contributed by atoms with Crippen LogP contribution in [0.1, 0.15) is 27.4 Å². The molecule has 0 bridgehead atoms. The van der Waals surface area contributed by atoms with E-state index in [1.54, 1.807) is 24.4 Å². The second kappa shape index (κ2) is 8.51. The van der Waals surface area contributed by atoms with E-state index in [2.05, 4.69) is 0 Å². The largest absolute Gasteiger partial charge is 0.465 e. The topological polar surface area (TPSA) is 118 Å². The fourth-order valence-corrected chi connectivity index (χ4v) is 3.50. The Kier molecular flexibility index (Phi) is 5.87. The number of hydrogen-bond acceptors (Lipinski definition) is 6. The lowest BCUT2D eigenvalue weighted by molar-refractivity contribution is -0.516. The van der Waals surface area contributed by atoms with Gasteiger partial charge in [-0.15, -0.1) is 0 Å². The molecule has 0 radical (unpaired) electrons. The predicted octanol–water partition coefficient (Wildman–Crippen LogP) is 3.11.